The van der Waals surface area contributed by atoms with E-state index in [0.29, 0.717) is 18.1 Å². The molecule has 0 unspecified atom stereocenters. The molecule has 5 heteroatoms. The SMILES string of the molecule is Cc1nc(-c2cccc3c2OCC3)c(Cl)c(=O)[nH]1. The molecule has 1 aliphatic heterocycles. The maximum Gasteiger partial charge on any atom is 0.270 e. The summed E-state index contributed by atoms with van der Waals surface area (Å²) in [5.74, 6) is 1.33. The van der Waals surface area contributed by atoms with Crippen LogP contribution in [0.1, 0.15) is 11.4 Å². The van der Waals surface area contributed by atoms with Crippen LogP contribution in [0, 0.1) is 6.92 Å². The second-order valence-corrected chi connectivity index (χ2v) is 4.58. The number of benzene rings is 1. The molecule has 0 aliphatic carbocycles. The summed E-state index contributed by atoms with van der Waals surface area (Å²) in [6, 6.07) is 5.81. The van der Waals surface area contributed by atoms with Gasteiger partial charge in [0.25, 0.3) is 5.56 Å². The number of hydrogen-bond acceptors (Lipinski definition) is 3. The van der Waals surface area contributed by atoms with Gasteiger partial charge in [-0.3, -0.25) is 4.79 Å². The summed E-state index contributed by atoms with van der Waals surface area (Å²) < 4.78 is 5.61. The number of nitrogens with zero attached hydrogens (tertiary/aromatic N) is 1. The van der Waals surface area contributed by atoms with Crippen molar-refractivity contribution in [1.82, 2.24) is 9.97 Å². The van der Waals surface area contributed by atoms with E-state index in [9.17, 15) is 4.79 Å². The zero-order chi connectivity index (χ0) is 12.7. The fourth-order valence-corrected chi connectivity index (χ4v) is 2.34. The highest BCUT2D eigenvalue weighted by molar-refractivity contribution is 6.32. The summed E-state index contributed by atoms with van der Waals surface area (Å²) >= 11 is 6.04. The summed E-state index contributed by atoms with van der Waals surface area (Å²) in [5, 5.41) is 0.101. The number of aromatic nitrogens is 2. The van der Waals surface area contributed by atoms with E-state index in [2.05, 4.69) is 9.97 Å². The van der Waals surface area contributed by atoms with Gasteiger partial charge in [-0.05, 0) is 18.6 Å². The predicted octanol–water partition coefficient (Wildman–Crippen LogP) is 2.33. The number of aromatic amines is 1. The number of ether oxygens (including phenoxy) is 1. The van der Waals surface area contributed by atoms with Gasteiger partial charge in [0.2, 0.25) is 0 Å². The highest BCUT2D eigenvalue weighted by Crippen LogP contribution is 2.37. The Bertz CT molecular complexity index is 679. The van der Waals surface area contributed by atoms with Crippen LogP contribution in [0.25, 0.3) is 11.3 Å². The van der Waals surface area contributed by atoms with Gasteiger partial charge in [0.15, 0.2) is 0 Å². The lowest BCUT2D eigenvalue weighted by Gasteiger charge is -2.09. The first-order valence-electron chi connectivity index (χ1n) is 5.68. The maximum atomic E-state index is 11.7. The van der Waals surface area contributed by atoms with Crippen molar-refractivity contribution in [1.29, 1.82) is 0 Å². The molecule has 2 heterocycles. The normalized spacial score (nSPS) is 13.2. The summed E-state index contributed by atoms with van der Waals surface area (Å²) in [6.07, 6.45) is 0.878. The minimum absolute atomic E-state index is 0.101. The number of hydrogen-bond donors (Lipinski definition) is 1. The van der Waals surface area contributed by atoms with Crippen LogP contribution in [-0.4, -0.2) is 16.6 Å². The van der Waals surface area contributed by atoms with E-state index >= 15 is 0 Å². The van der Waals surface area contributed by atoms with Crippen LogP contribution in [0.3, 0.4) is 0 Å². The Hall–Kier alpha value is -1.81. The number of rotatable bonds is 1. The highest BCUT2D eigenvalue weighted by atomic mass is 35.5. The Balaban J connectivity index is 2.28. The Morgan fingerprint density at radius 1 is 1.44 bits per heavy atom. The minimum atomic E-state index is -0.324. The van der Waals surface area contributed by atoms with E-state index in [-0.39, 0.29) is 10.6 Å². The zero-order valence-corrected chi connectivity index (χ0v) is 10.5. The third kappa shape index (κ3) is 1.69. The van der Waals surface area contributed by atoms with Crippen molar-refractivity contribution in [2.24, 2.45) is 0 Å². The van der Waals surface area contributed by atoms with E-state index in [1.54, 1.807) is 6.92 Å². The molecule has 92 valence electrons. The lowest BCUT2D eigenvalue weighted by molar-refractivity contribution is 0.358. The molecule has 3 rings (SSSR count). The Morgan fingerprint density at radius 2 is 2.28 bits per heavy atom. The van der Waals surface area contributed by atoms with Crippen LogP contribution in [-0.2, 0) is 6.42 Å². The van der Waals surface area contributed by atoms with Crippen LogP contribution >= 0.6 is 11.6 Å². The van der Waals surface area contributed by atoms with Crippen molar-refractivity contribution in [3.8, 4) is 17.0 Å². The van der Waals surface area contributed by atoms with Gasteiger partial charge in [-0.2, -0.15) is 0 Å². The van der Waals surface area contributed by atoms with Crippen molar-refractivity contribution >= 4 is 11.6 Å². The number of nitrogens with one attached hydrogen (secondary N) is 1. The molecule has 0 atom stereocenters. The molecular weight excluding hydrogens is 252 g/mol. The van der Waals surface area contributed by atoms with Gasteiger partial charge in [-0.15, -0.1) is 0 Å². The van der Waals surface area contributed by atoms with Crippen LogP contribution in [0.15, 0.2) is 23.0 Å². The molecule has 18 heavy (non-hydrogen) atoms. The van der Waals surface area contributed by atoms with Gasteiger partial charge in [0, 0.05) is 12.0 Å². The van der Waals surface area contributed by atoms with E-state index < -0.39 is 0 Å². The molecule has 1 N–H and O–H groups in total. The fourth-order valence-electron chi connectivity index (χ4n) is 2.15. The molecule has 1 aromatic heterocycles. The zero-order valence-electron chi connectivity index (χ0n) is 9.79. The van der Waals surface area contributed by atoms with Crippen molar-refractivity contribution in [2.75, 3.05) is 6.61 Å². The molecule has 0 saturated carbocycles. The van der Waals surface area contributed by atoms with Crippen molar-refractivity contribution < 1.29 is 4.74 Å². The van der Waals surface area contributed by atoms with Gasteiger partial charge >= 0.3 is 0 Å². The smallest absolute Gasteiger partial charge is 0.270 e. The van der Waals surface area contributed by atoms with Gasteiger partial charge in [-0.1, -0.05) is 23.7 Å². The largest absolute Gasteiger partial charge is 0.492 e. The summed E-state index contributed by atoms with van der Waals surface area (Å²) in [4.78, 5) is 18.6. The number of fused-ring (bicyclic) bond motifs is 1. The minimum Gasteiger partial charge on any atom is -0.492 e. The first kappa shape index (κ1) is 11.3. The molecule has 0 saturated heterocycles. The Labute approximate surface area is 109 Å². The average molecular weight is 263 g/mol. The summed E-state index contributed by atoms with van der Waals surface area (Å²) in [5.41, 5.74) is 2.07. The summed E-state index contributed by atoms with van der Waals surface area (Å²) in [6.45, 7) is 2.39. The standard InChI is InChI=1S/C13H11ClN2O2/c1-7-15-11(10(14)13(17)16-7)9-4-2-3-8-5-6-18-12(8)9/h2-4H,5-6H2,1H3,(H,15,16,17). The van der Waals surface area contributed by atoms with Crippen molar-refractivity contribution in [3.63, 3.8) is 0 Å². The van der Waals surface area contributed by atoms with E-state index in [1.165, 1.54) is 0 Å². The third-order valence-corrected chi connectivity index (χ3v) is 3.30. The Kier molecular flexibility index (Phi) is 2.59. The lowest BCUT2D eigenvalue weighted by Crippen LogP contribution is -2.11. The Morgan fingerprint density at radius 3 is 3.11 bits per heavy atom. The van der Waals surface area contributed by atoms with E-state index in [1.807, 2.05) is 18.2 Å². The molecule has 1 aliphatic rings. The number of halogens is 1. The fraction of sp³-hybridized carbons (Fsp3) is 0.231. The molecule has 0 radical (unpaired) electrons. The maximum absolute atomic E-state index is 11.7. The van der Waals surface area contributed by atoms with Gasteiger partial charge < -0.3 is 9.72 Å². The molecule has 0 amide bonds. The molecule has 4 nitrogen and oxygen atoms in total. The second kappa shape index (κ2) is 4.14. The first-order chi connectivity index (χ1) is 8.66. The van der Waals surface area contributed by atoms with E-state index in [0.717, 1.165) is 23.3 Å². The van der Waals surface area contributed by atoms with Crippen LogP contribution < -0.4 is 10.3 Å². The molecule has 1 aromatic carbocycles. The quantitative estimate of drug-likeness (QED) is 0.858. The van der Waals surface area contributed by atoms with E-state index in [4.69, 9.17) is 16.3 Å². The molecule has 0 fully saturated rings. The van der Waals surface area contributed by atoms with Crippen LogP contribution in [0.4, 0.5) is 0 Å². The van der Waals surface area contributed by atoms with Crippen molar-refractivity contribution in [2.45, 2.75) is 13.3 Å². The molecule has 0 spiro atoms. The van der Waals surface area contributed by atoms with Crippen LogP contribution in [0.2, 0.25) is 5.02 Å². The molecule has 0 bridgehead atoms. The monoisotopic (exact) mass is 262 g/mol. The average Bonchev–Trinajstić information content (AvgIpc) is 2.81. The lowest BCUT2D eigenvalue weighted by atomic mass is 10.1. The summed E-state index contributed by atoms with van der Waals surface area (Å²) in [7, 11) is 0. The second-order valence-electron chi connectivity index (χ2n) is 4.21. The first-order valence-corrected chi connectivity index (χ1v) is 6.06. The number of para-hydroxylation sites is 1. The van der Waals surface area contributed by atoms with Crippen LogP contribution in [0.5, 0.6) is 5.75 Å². The van der Waals surface area contributed by atoms with Gasteiger partial charge in [0.05, 0.1) is 6.61 Å². The van der Waals surface area contributed by atoms with Gasteiger partial charge in [-0.25, -0.2) is 4.98 Å². The molecular formula is C13H11ClN2O2. The predicted molar refractivity (Wildman–Crippen MR) is 69.2 cm³/mol. The van der Waals surface area contributed by atoms with Gasteiger partial charge in [0.1, 0.15) is 22.3 Å². The highest BCUT2D eigenvalue weighted by Gasteiger charge is 2.20. The number of H-pyrrole nitrogens is 1. The molecule has 2 aromatic rings. The van der Waals surface area contributed by atoms with Crippen molar-refractivity contribution in [3.05, 3.63) is 45.0 Å². The number of aryl methyl sites for hydroxylation is 1. The third-order valence-electron chi connectivity index (χ3n) is 2.95. The topological polar surface area (TPSA) is 55.0 Å².